The SMILES string of the molecule is Cc1cnc(C(C)NC2CC(c3ccccc3)C2)s1. The highest BCUT2D eigenvalue weighted by molar-refractivity contribution is 7.11. The molecule has 1 fully saturated rings. The zero-order valence-electron chi connectivity index (χ0n) is 11.5. The van der Waals surface area contributed by atoms with Crippen LogP contribution in [0.15, 0.2) is 36.5 Å². The van der Waals surface area contributed by atoms with Crippen molar-refractivity contribution in [1.82, 2.24) is 10.3 Å². The van der Waals surface area contributed by atoms with Gasteiger partial charge in [0.1, 0.15) is 5.01 Å². The molecule has 3 heteroatoms. The normalized spacial score (nSPS) is 23.9. The fourth-order valence-corrected chi connectivity index (χ4v) is 3.53. The van der Waals surface area contributed by atoms with Crippen LogP contribution < -0.4 is 5.32 Å². The number of aryl methyl sites for hydroxylation is 1. The smallest absolute Gasteiger partial charge is 0.109 e. The van der Waals surface area contributed by atoms with E-state index in [1.807, 2.05) is 6.20 Å². The highest BCUT2D eigenvalue weighted by Crippen LogP contribution is 2.37. The Morgan fingerprint density at radius 1 is 1.26 bits per heavy atom. The Labute approximate surface area is 118 Å². The van der Waals surface area contributed by atoms with Gasteiger partial charge in [0.05, 0.1) is 6.04 Å². The van der Waals surface area contributed by atoms with Gasteiger partial charge < -0.3 is 5.32 Å². The summed E-state index contributed by atoms with van der Waals surface area (Å²) in [7, 11) is 0. The van der Waals surface area contributed by atoms with Gasteiger partial charge in [-0.3, -0.25) is 0 Å². The average molecular weight is 272 g/mol. The fourth-order valence-electron chi connectivity index (χ4n) is 2.75. The number of benzene rings is 1. The molecule has 2 nitrogen and oxygen atoms in total. The Kier molecular flexibility index (Phi) is 3.67. The first-order chi connectivity index (χ1) is 9.22. The molecule has 0 saturated heterocycles. The Bertz CT molecular complexity index is 529. The molecule has 1 saturated carbocycles. The molecule has 0 amide bonds. The molecule has 1 heterocycles. The molecule has 2 aromatic rings. The van der Waals surface area contributed by atoms with Crippen molar-refractivity contribution in [2.75, 3.05) is 0 Å². The highest BCUT2D eigenvalue weighted by atomic mass is 32.1. The summed E-state index contributed by atoms with van der Waals surface area (Å²) in [6.45, 7) is 4.33. The molecule has 1 unspecified atom stereocenters. The second kappa shape index (κ2) is 5.43. The topological polar surface area (TPSA) is 24.9 Å². The molecule has 1 aromatic carbocycles. The molecule has 0 radical (unpaired) electrons. The minimum Gasteiger partial charge on any atom is -0.305 e. The number of hydrogen-bond donors (Lipinski definition) is 1. The standard InChI is InChI=1S/C16H20N2S/c1-11-10-17-16(19-11)12(2)18-15-8-14(9-15)13-6-4-3-5-7-13/h3-7,10,12,14-15,18H,8-9H2,1-2H3. The first-order valence-electron chi connectivity index (χ1n) is 6.95. The Morgan fingerprint density at radius 3 is 2.63 bits per heavy atom. The van der Waals surface area contributed by atoms with E-state index in [0.717, 1.165) is 5.92 Å². The summed E-state index contributed by atoms with van der Waals surface area (Å²) < 4.78 is 0. The molecule has 19 heavy (non-hydrogen) atoms. The fraction of sp³-hybridized carbons (Fsp3) is 0.438. The first kappa shape index (κ1) is 12.8. The second-order valence-corrected chi connectivity index (χ2v) is 6.74. The van der Waals surface area contributed by atoms with Gasteiger partial charge in [-0.1, -0.05) is 30.3 Å². The van der Waals surface area contributed by atoms with Crippen LogP contribution in [0.25, 0.3) is 0 Å². The largest absolute Gasteiger partial charge is 0.305 e. The quantitative estimate of drug-likeness (QED) is 0.908. The van der Waals surface area contributed by atoms with Crippen molar-refractivity contribution in [2.45, 2.75) is 44.7 Å². The Balaban J connectivity index is 1.52. The van der Waals surface area contributed by atoms with Crippen LogP contribution in [0.1, 0.15) is 47.2 Å². The van der Waals surface area contributed by atoms with Gasteiger partial charge in [-0.05, 0) is 38.2 Å². The van der Waals surface area contributed by atoms with Crippen molar-refractivity contribution < 1.29 is 0 Å². The van der Waals surface area contributed by atoms with Gasteiger partial charge in [-0.2, -0.15) is 0 Å². The van der Waals surface area contributed by atoms with E-state index in [-0.39, 0.29) is 0 Å². The summed E-state index contributed by atoms with van der Waals surface area (Å²) >= 11 is 1.80. The number of nitrogens with zero attached hydrogens (tertiary/aromatic N) is 1. The van der Waals surface area contributed by atoms with Gasteiger partial charge in [-0.25, -0.2) is 4.98 Å². The third kappa shape index (κ3) is 2.88. The minimum absolute atomic E-state index is 0.375. The van der Waals surface area contributed by atoms with E-state index < -0.39 is 0 Å². The zero-order valence-corrected chi connectivity index (χ0v) is 12.3. The lowest BCUT2D eigenvalue weighted by atomic mass is 9.75. The van der Waals surface area contributed by atoms with Crippen molar-refractivity contribution in [3.8, 4) is 0 Å². The lowest BCUT2D eigenvalue weighted by Crippen LogP contribution is -2.41. The molecular weight excluding hydrogens is 252 g/mol. The average Bonchev–Trinajstić information content (AvgIpc) is 2.81. The lowest BCUT2D eigenvalue weighted by Gasteiger charge is -2.37. The number of thiazole rings is 1. The van der Waals surface area contributed by atoms with Gasteiger partial charge in [0.2, 0.25) is 0 Å². The first-order valence-corrected chi connectivity index (χ1v) is 7.77. The molecular formula is C16H20N2S. The second-order valence-electron chi connectivity index (χ2n) is 5.47. The van der Waals surface area contributed by atoms with Gasteiger partial charge in [-0.15, -0.1) is 11.3 Å². The van der Waals surface area contributed by atoms with Crippen molar-refractivity contribution >= 4 is 11.3 Å². The minimum atomic E-state index is 0.375. The molecule has 1 aliphatic rings. The number of aromatic nitrogens is 1. The Morgan fingerprint density at radius 2 is 2.00 bits per heavy atom. The summed E-state index contributed by atoms with van der Waals surface area (Å²) in [6, 6.07) is 11.9. The summed E-state index contributed by atoms with van der Waals surface area (Å²) in [5.41, 5.74) is 1.48. The Hall–Kier alpha value is -1.19. The molecule has 0 spiro atoms. The van der Waals surface area contributed by atoms with Crippen LogP contribution in [0.4, 0.5) is 0 Å². The van der Waals surface area contributed by atoms with Crippen LogP contribution in [-0.4, -0.2) is 11.0 Å². The number of rotatable bonds is 4. The van der Waals surface area contributed by atoms with E-state index in [9.17, 15) is 0 Å². The molecule has 1 N–H and O–H groups in total. The maximum Gasteiger partial charge on any atom is 0.109 e. The van der Waals surface area contributed by atoms with Gasteiger partial charge in [0.25, 0.3) is 0 Å². The predicted molar refractivity (Wildman–Crippen MR) is 80.6 cm³/mol. The van der Waals surface area contributed by atoms with Crippen molar-refractivity contribution in [3.63, 3.8) is 0 Å². The number of nitrogens with one attached hydrogen (secondary N) is 1. The molecule has 3 rings (SSSR count). The zero-order chi connectivity index (χ0) is 13.2. The lowest BCUT2D eigenvalue weighted by molar-refractivity contribution is 0.270. The third-order valence-electron chi connectivity index (χ3n) is 3.90. The van der Waals surface area contributed by atoms with E-state index in [1.54, 1.807) is 11.3 Å². The van der Waals surface area contributed by atoms with Crippen LogP contribution in [0.2, 0.25) is 0 Å². The molecule has 1 aliphatic carbocycles. The molecule has 1 aromatic heterocycles. The van der Waals surface area contributed by atoms with E-state index in [2.05, 4.69) is 54.5 Å². The molecule has 100 valence electrons. The van der Waals surface area contributed by atoms with Crippen LogP contribution in [0.5, 0.6) is 0 Å². The highest BCUT2D eigenvalue weighted by Gasteiger charge is 2.31. The van der Waals surface area contributed by atoms with Crippen LogP contribution >= 0.6 is 11.3 Å². The summed E-state index contributed by atoms with van der Waals surface area (Å²) in [4.78, 5) is 5.75. The monoisotopic (exact) mass is 272 g/mol. The summed E-state index contributed by atoms with van der Waals surface area (Å²) in [5.74, 6) is 0.740. The van der Waals surface area contributed by atoms with Crippen LogP contribution in [-0.2, 0) is 0 Å². The van der Waals surface area contributed by atoms with E-state index in [4.69, 9.17) is 0 Å². The summed E-state index contributed by atoms with van der Waals surface area (Å²) in [6.07, 6.45) is 4.46. The molecule has 0 bridgehead atoms. The van der Waals surface area contributed by atoms with E-state index in [0.29, 0.717) is 12.1 Å². The molecule has 0 aliphatic heterocycles. The number of hydrogen-bond acceptors (Lipinski definition) is 3. The maximum absolute atomic E-state index is 4.46. The predicted octanol–water partition coefficient (Wildman–Crippen LogP) is 4.05. The van der Waals surface area contributed by atoms with Crippen LogP contribution in [0, 0.1) is 6.92 Å². The maximum atomic E-state index is 4.46. The van der Waals surface area contributed by atoms with Crippen molar-refractivity contribution in [2.24, 2.45) is 0 Å². The van der Waals surface area contributed by atoms with Crippen LogP contribution in [0.3, 0.4) is 0 Å². The summed E-state index contributed by atoms with van der Waals surface area (Å²) in [5, 5.41) is 4.90. The van der Waals surface area contributed by atoms with Gasteiger partial charge in [0.15, 0.2) is 0 Å². The van der Waals surface area contributed by atoms with Gasteiger partial charge >= 0.3 is 0 Å². The van der Waals surface area contributed by atoms with E-state index >= 15 is 0 Å². The van der Waals surface area contributed by atoms with Crippen molar-refractivity contribution in [3.05, 3.63) is 52.0 Å². The third-order valence-corrected chi connectivity index (χ3v) is 5.00. The van der Waals surface area contributed by atoms with Gasteiger partial charge in [0, 0.05) is 17.1 Å². The van der Waals surface area contributed by atoms with E-state index in [1.165, 1.54) is 28.3 Å². The van der Waals surface area contributed by atoms with Crippen molar-refractivity contribution in [1.29, 1.82) is 0 Å². The molecule has 1 atom stereocenters.